The number of rotatable bonds is 2. The fraction of sp³-hybridized carbons (Fsp3) is 0. The van der Waals surface area contributed by atoms with Crippen LogP contribution in [0.2, 0.25) is 0 Å². The molecule has 0 aliphatic heterocycles. The number of nitrogens with zero attached hydrogens (tertiary/aromatic N) is 1. The molecule has 0 amide bonds. The maximum atomic E-state index is 13.4. The summed E-state index contributed by atoms with van der Waals surface area (Å²) in [4.78, 5) is 3.84. The van der Waals surface area contributed by atoms with Crippen LogP contribution in [0.3, 0.4) is 0 Å². The average Bonchev–Trinajstić information content (AvgIpc) is 2.25. The standard InChI is InChI=1S/C11H6Br2FNO/c12-7-1-3-9(4-2-7)16-11-10(14)5-8(13)6-15-11/h1-6H. The van der Waals surface area contributed by atoms with Gasteiger partial charge in [-0.15, -0.1) is 0 Å². The first-order chi connectivity index (χ1) is 7.65. The quantitative estimate of drug-likeness (QED) is 0.796. The van der Waals surface area contributed by atoms with E-state index in [1.165, 1.54) is 12.3 Å². The summed E-state index contributed by atoms with van der Waals surface area (Å²) in [6, 6.07) is 8.39. The highest BCUT2D eigenvalue weighted by Gasteiger charge is 2.06. The zero-order chi connectivity index (χ0) is 11.5. The largest absolute Gasteiger partial charge is 0.436 e. The van der Waals surface area contributed by atoms with Gasteiger partial charge < -0.3 is 4.74 Å². The molecule has 1 aromatic heterocycles. The topological polar surface area (TPSA) is 22.1 Å². The van der Waals surface area contributed by atoms with Crippen molar-refractivity contribution in [3.8, 4) is 11.6 Å². The predicted octanol–water partition coefficient (Wildman–Crippen LogP) is 4.54. The molecule has 0 atom stereocenters. The van der Waals surface area contributed by atoms with E-state index in [-0.39, 0.29) is 5.88 Å². The first kappa shape index (κ1) is 11.5. The molecule has 2 nitrogen and oxygen atoms in total. The summed E-state index contributed by atoms with van der Waals surface area (Å²) in [5.74, 6) is -0.000242. The van der Waals surface area contributed by atoms with Gasteiger partial charge in [0.25, 0.3) is 5.88 Å². The van der Waals surface area contributed by atoms with Gasteiger partial charge in [0.1, 0.15) is 5.75 Å². The summed E-state index contributed by atoms with van der Waals surface area (Å²) in [5, 5.41) is 0. The summed E-state index contributed by atoms with van der Waals surface area (Å²) < 4.78 is 20.2. The molecule has 0 N–H and O–H groups in total. The van der Waals surface area contributed by atoms with E-state index < -0.39 is 5.82 Å². The number of pyridine rings is 1. The van der Waals surface area contributed by atoms with Crippen LogP contribution in [0.25, 0.3) is 0 Å². The van der Waals surface area contributed by atoms with Gasteiger partial charge in [-0.1, -0.05) is 15.9 Å². The van der Waals surface area contributed by atoms with E-state index in [9.17, 15) is 4.39 Å². The first-order valence-corrected chi connectivity index (χ1v) is 5.98. The third-order valence-electron chi connectivity index (χ3n) is 1.80. The van der Waals surface area contributed by atoms with Crippen LogP contribution < -0.4 is 4.74 Å². The molecule has 0 bridgehead atoms. The van der Waals surface area contributed by atoms with Gasteiger partial charge in [0, 0.05) is 15.1 Å². The second-order valence-corrected chi connectivity index (χ2v) is 4.83. The van der Waals surface area contributed by atoms with E-state index in [0.717, 1.165) is 4.47 Å². The monoisotopic (exact) mass is 345 g/mol. The Kier molecular flexibility index (Phi) is 3.56. The van der Waals surface area contributed by atoms with Gasteiger partial charge in [0.15, 0.2) is 5.82 Å². The second-order valence-electron chi connectivity index (χ2n) is 3.00. The van der Waals surface area contributed by atoms with Gasteiger partial charge >= 0.3 is 0 Å². The van der Waals surface area contributed by atoms with E-state index in [0.29, 0.717) is 10.2 Å². The lowest BCUT2D eigenvalue weighted by Crippen LogP contribution is -1.91. The van der Waals surface area contributed by atoms with Gasteiger partial charge in [-0.3, -0.25) is 0 Å². The van der Waals surface area contributed by atoms with Gasteiger partial charge in [0.2, 0.25) is 0 Å². The van der Waals surface area contributed by atoms with Gasteiger partial charge in [0.05, 0.1) is 0 Å². The molecular weight excluding hydrogens is 341 g/mol. The SMILES string of the molecule is Fc1cc(Br)cnc1Oc1ccc(Br)cc1. The Hall–Kier alpha value is -0.940. The highest BCUT2D eigenvalue weighted by atomic mass is 79.9. The van der Waals surface area contributed by atoms with Crippen molar-refractivity contribution in [3.05, 3.63) is 51.3 Å². The molecular formula is C11H6Br2FNO. The highest BCUT2D eigenvalue weighted by molar-refractivity contribution is 9.10. The normalized spacial score (nSPS) is 10.2. The average molecular weight is 347 g/mol. The summed E-state index contributed by atoms with van der Waals surface area (Å²) >= 11 is 6.43. The second kappa shape index (κ2) is 4.93. The lowest BCUT2D eigenvalue weighted by Gasteiger charge is -2.05. The molecule has 0 radical (unpaired) electrons. The maximum Gasteiger partial charge on any atom is 0.255 e. The van der Waals surface area contributed by atoms with Crippen molar-refractivity contribution in [2.75, 3.05) is 0 Å². The van der Waals surface area contributed by atoms with Crippen LogP contribution in [0, 0.1) is 5.82 Å². The molecule has 2 rings (SSSR count). The molecule has 82 valence electrons. The van der Waals surface area contributed by atoms with E-state index in [2.05, 4.69) is 36.8 Å². The number of benzene rings is 1. The van der Waals surface area contributed by atoms with Gasteiger partial charge in [-0.2, -0.15) is 0 Å². The van der Waals surface area contributed by atoms with E-state index in [4.69, 9.17) is 4.74 Å². The Morgan fingerprint density at radius 1 is 1.06 bits per heavy atom. The van der Waals surface area contributed by atoms with Gasteiger partial charge in [-0.25, -0.2) is 9.37 Å². The van der Waals surface area contributed by atoms with Crippen LogP contribution in [-0.2, 0) is 0 Å². The number of ether oxygens (including phenoxy) is 1. The number of hydrogen-bond donors (Lipinski definition) is 0. The molecule has 0 aliphatic carbocycles. The Labute approximate surface area is 109 Å². The summed E-state index contributed by atoms with van der Waals surface area (Å²) in [5.41, 5.74) is 0. The van der Waals surface area contributed by atoms with Crippen LogP contribution in [0.1, 0.15) is 0 Å². The molecule has 2 aromatic rings. The summed E-state index contributed by atoms with van der Waals surface area (Å²) in [7, 11) is 0. The van der Waals surface area contributed by atoms with Crippen LogP contribution in [0.4, 0.5) is 4.39 Å². The minimum atomic E-state index is -0.503. The molecule has 0 saturated heterocycles. The van der Waals surface area contributed by atoms with Crippen molar-refractivity contribution >= 4 is 31.9 Å². The maximum absolute atomic E-state index is 13.4. The van der Waals surface area contributed by atoms with Crippen molar-refractivity contribution in [3.63, 3.8) is 0 Å². The van der Waals surface area contributed by atoms with Crippen LogP contribution in [0.15, 0.2) is 45.5 Å². The number of aromatic nitrogens is 1. The Morgan fingerprint density at radius 3 is 2.38 bits per heavy atom. The minimum absolute atomic E-state index is 0.0366. The number of hydrogen-bond acceptors (Lipinski definition) is 2. The molecule has 0 spiro atoms. The van der Waals surface area contributed by atoms with Crippen molar-refractivity contribution < 1.29 is 9.13 Å². The molecule has 0 saturated carbocycles. The van der Waals surface area contributed by atoms with Crippen LogP contribution in [-0.4, -0.2) is 4.98 Å². The van der Waals surface area contributed by atoms with Gasteiger partial charge in [-0.05, 0) is 46.3 Å². The van der Waals surface area contributed by atoms with Crippen molar-refractivity contribution in [1.82, 2.24) is 4.98 Å². The van der Waals surface area contributed by atoms with Crippen molar-refractivity contribution in [2.45, 2.75) is 0 Å². The zero-order valence-electron chi connectivity index (χ0n) is 7.95. The predicted molar refractivity (Wildman–Crippen MR) is 66.1 cm³/mol. The minimum Gasteiger partial charge on any atom is -0.436 e. The molecule has 16 heavy (non-hydrogen) atoms. The summed E-state index contributed by atoms with van der Waals surface area (Å²) in [6.45, 7) is 0. The lowest BCUT2D eigenvalue weighted by atomic mass is 10.3. The van der Waals surface area contributed by atoms with Crippen molar-refractivity contribution in [2.24, 2.45) is 0 Å². The first-order valence-electron chi connectivity index (χ1n) is 4.39. The summed E-state index contributed by atoms with van der Waals surface area (Å²) in [6.07, 6.45) is 1.48. The highest BCUT2D eigenvalue weighted by Crippen LogP contribution is 2.25. The molecule has 5 heteroatoms. The Balaban J connectivity index is 2.23. The fourth-order valence-electron chi connectivity index (χ4n) is 1.09. The molecule has 1 aromatic carbocycles. The molecule has 0 fully saturated rings. The molecule has 0 unspecified atom stereocenters. The van der Waals surface area contributed by atoms with Crippen molar-refractivity contribution in [1.29, 1.82) is 0 Å². The smallest absolute Gasteiger partial charge is 0.255 e. The lowest BCUT2D eigenvalue weighted by molar-refractivity contribution is 0.422. The van der Waals surface area contributed by atoms with Crippen LogP contribution >= 0.6 is 31.9 Å². The van der Waals surface area contributed by atoms with E-state index in [1.54, 1.807) is 12.1 Å². The fourth-order valence-corrected chi connectivity index (χ4v) is 1.66. The van der Waals surface area contributed by atoms with E-state index in [1.807, 2.05) is 12.1 Å². The number of halogens is 3. The Bertz CT molecular complexity index is 502. The zero-order valence-corrected chi connectivity index (χ0v) is 11.1. The Morgan fingerprint density at radius 2 is 1.75 bits per heavy atom. The third kappa shape index (κ3) is 2.80. The molecule has 0 aliphatic rings. The molecule has 1 heterocycles. The third-order valence-corrected chi connectivity index (χ3v) is 2.76. The van der Waals surface area contributed by atoms with E-state index >= 15 is 0 Å². The van der Waals surface area contributed by atoms with Crippen LogP contribution in [0.5, 0.6) is 11.6 Å².